The molecule has 0 bridgehead atoms. The Bertz CT molecular complexity index is 472. The van der Waals surface area contributed by atoms with Gasteiger partial charge >= 0.3 is 0 Å². The number of methoxy groups -OCH3 is 3. The van der Waals surface area contributed by atoms with Crippen LogP contribution >= 0.6 is 0 Å². The van der Waals surface area contributed by atoms with E-state index >= 15 is 0 Å². The second kappa shape index (κ2) is 7.00. The van der Waals surface area contributed by atoms with Crippen LogP contribution < -0.4 is 19.9 Å². The zero-order valence-corrected chi connectivity index (χ0v) is 13.0. The van der Waals surface area contributed by atoms with Gasteiger partial charge in [-0.25, -0.2) is 0 Å². The van der Waals surface area contributed by atoms with E-state index in [4.69, 9.17) is 19.9 Å². The maximum atomic E-state index is 10.5. The summed E-state index contributed by atoms with van der Waals surface area (Å²) >= 11 is 0. The summed E-state index contributed by atoms with van der Waals surface area (Å²) in [5.74, 6) is 2.04. The summed E-state index contributed by atoms with van der Waals surface area (Å²) in [6.45, 7) is 0. The Morgan fingerprint density at radius 1 is 1.00 bits per heavy atom. The summed E-state index contributed by atoms with van der Waals surface area (Å²) in [5.41, 5.74) is 7.03. The third-order valence-electron chi connectivity index (χ3n) is 4.35. The van der Waals surface area contributed by atoms with Crippen molar-refractivity contribution in [3.05, 3.63) is 17.7 Å². The normalized spacial score (nSPS) is 18.3. The van der Waals surface area contributed by atoms with E-state index in [-0.39, 0.29) is 5.92 Å². The van der Waals surface area contributed by atoms with Gasteiger partial charge in [-0.2, -0.15) is 0 Å². The van der Waals surface area contributed by atoms with Crippen LogP contribution in [-0.2, 0) is 0 Å². The lowest BCUT2D eigenvalue weighted by molar-refractivity contribution is 0.0835. The number of rotatable bonds is 6. The van der Waals surface area contributed by atoms with Crippen LogP contribution in [0.5, 0.6) is 17.2 Å². The largest absolute Gasteiger partial charge is 0.496 e. The van der Waals surface area contributed by atoms with Crippen molar-refractivity contribution in [3.8, 4) is 17.2 Å². The smallest absolute Gasteiger partial charge is 0.164 e. The van der Waals surface area contributed by atoms with Crippen LogP contribution in [0.25, 0.3) is 0 Å². The van der Waals surface area contributed by atoms with E-state index in [1.807, 2.05) is 0 Å². The molecule has 0 heterocycles. The van der Waals surface area contributed by atoms with E-state index in [2.05, 4.69) is 0 Å². The maximum absolute atomic E-state index is 10.5. The summed E-state index contributed by atoms with van der Waals surface area (Å²) in [4.78, 5) is 0. The second-order valence-electron chi connectivity index (χ2n) is 5.51. The Hall–Kier alpha value is -1.46. The Balaban J connectivity index is 2.31. The van der Waals surface area contributed by atoms with Gasteiger partial charge in [0.2, 0.25) is 0 Å². The Labute approximate surface area is 126 Å². The van der Waals surface area contributed by atoms with Crippen LogP contribution in [0.1, 0.15) is 37.3 Å². The third-order valence-corrected chi connectivity index (χ3v) is 4.35. The average molecular weight is 295 g/mol. The molecule has 1 fully saturated rings. The van der Waals surface area contributed by atoms with Gasteiger partial charge in [0.1, 0.15) is 5.75 Å². The molecule has 1 aromatic rings. The van der Waals surface area contributed by atoms with Crippen molar-refractivity contribution in [2.75, 3.05) is 21.3 Å². The summed E-state index contributed by atoms with van der Waals surface area (Å²) in [6.07, 6.45) is 3.82. The minimum atomic E-state index is -0.570. The van der Waals surface area contributed by atoms with Crippen LogP contribution in [0.2, 0.25) is 0 Å². The molecule has 1 aliphatic carbocycles. The molecule has 0 saturated heterocycles. The molecule has 118 valence electrons. The van der Waals surface area contributed by atoms with Gasteiger partial charge in [-0.05, 0) is 24.8 Å². The van der Waals surface area contributed by atoms with Crippen LogP contribution in [0.4, 0.5) is 0 Å². The molecule has 0 amide bonds. The summed E-state index contributed by atoms with van der Waals surface area (Å²) in [6, 6.07) is 3.04. The Morgan fingerprint density at radius 2 is 1.52 bits per heavy atom. The summed E-state index contributed by atoms with van der Waals surface area (Å²) in [7, 11) is 4.73. The van der Waals surface area contributed by atoms with Gasteiger partial charge < -0.3 is 25.1 Å². The fraction of sp³-hybridized carbons (Fsp3) is 0.625. The number of aliphatic hydroxyl groups excluding tert-OH is 1. The molecule has 0 spiro atoms. The fourth-order valence-electron chi connectivity index (χ4n) is 3.09. The first-order chi connectivity index (χ1) is 10.1. The highest BCUT2D eigenvalue weighted by Gasteiger charge is 2.31. The Kier molecular flexibility index (Phi) is 5.31. The van der Waals surface area contributed by atoms with Crippen molar-refractivity contribution in [2.45, 2.75) is 37.8 Å². The van der Waals surface area contributed by atoms with Gasteiger partial charge in [-0.1, -0.05) is 12.8 Å². The molecule has 1 aromatic carbocycles. The van der Waals surface area contributed by atoms with Crippen LogP contribution in [0.15, 0.2) is 12.1 Å². The quantitative estimate of drug-likeness (QED) is 0.842. The summed E-state index contributed by atoms with van der Waals surface area (Å²) in [5, 5.41) is 10.5. The molecule has 2 atom stereocenters. The molecule has 5 heteroatoms. The van der Waals surface area contributed by atoms with Crippen LogP contribution in [0.3, 0.4) is 0 Å². The van der Waals surface area contributed by atoms with E-state index in [9.17, 15) is 5.11 Å². The molecule has 0 aliphatic heterocycles. The lowest BCUT2D eigenvalue weighted by Gasteiger charge is -2.26. The SMILES string of the molecule is COc1cc(OC)c([C@@H](N)[C@@H](O)C2CCCC2)cc1OC. The fourth-order valence-corrected chi connectivity index (χ4v) is 3.09. The van der Waals surface area contributed by atoms with Crippen molar-refractivity contribution in [1.29, 1.82) is 0 Å². The van der Waals surface area contributed by atoms with Gasteiger partial charge in [0.05, 0.1) is 33.5 Å². The van der Waals surface area contributed by atoms with E-state index in [0.29, 0.717) is 17.2 Å². The minimum Gasteiger partial charge on any atom is -0.496 e. The molecule has 1 aliphatic rings. The summed E-state index contributed by atoms with van der Waals surface area (Å²) < 4.78 is 16.0. The molecule has 3 N–H and O–H groups in total. The van der Waals surface area contributed by atoms with E-state index < -0.39 is 12.1 Å². The molecule has 2 rings (SSSR count). The van der Waals surface area contributed by atoms with Crippen molar-refractivity contribution in [3.63, 3.8) is 0 Å². The third kappa shape index (κ3) is 3.24. The first-order valence-corrected chi connectivity index (χ1v) is 7.36. The lowest BCUT2D eigenvalue weighted by atomic mass is 9.90. The lowest BCUT2D eigenvalue weighted by Crippen LogP contribution is -2.32. The van der Waals surface area contributed by atoms with Gasteiger partial charge in [0.15, 0.2) is 11.5 Å². The molecule has 1 saturated carbocycles. The maximum Gasteiger partial charge on any atom is 0.164 e. The van der Waals surface area contributed by atoms with E-state index in [0.717, 1.165) is 31.2 Å². The zero-order valence-electron chi connectivity index (χ0n) is 13.0. The van der Waals surface area contributed by atoms with Crippen molar-refractivity contribution >= 4 is 0 Å². The molecular weight excluding hydrogens is 270 g/mol. The highest BCUT2D eigenvalue weighted by molar-refractivity contribution is 5.52. The predicted molar refractivity (Wildman–Crippen MR) is 81.0 cm³/mol. The van der Waals surface area contributed by atoms with Gasteiger partial charge in [-0.3, -0.25) is 0 Å². The first kappa shape index (κ1) is 15.9. The molecule has 0 radical (unpaired) electrons. The monoisotopic (exact) mass is 295 g/mol. The Morgan fingerprint density at radius 3 is 2.05 bits per heavy atom. The van der Waals surface area contributed by atoms with Gasteiger partial charge in [-0.15, -0.1) is 0 Å². The first-order valence-electron chi connectivity index (χ1n) is 7.36. The molecular formula is C16H25NO4. The van der Waals surface area contributed by atoms with Crippen molar-refractivity contribution in [2.24, 2.45) is 11.7 Å². The zero-order chi connectivity index (χ0) is 15.4. The number of aliphatic hydroxyl groups is 1. The van der Waals surface area contributed by atoms with Crippen molar-refractivity contribution in [1.82, 2.24) is 0 Å². The number of nitrogens with two attached hydrogens (primary N) is 1. The highest BCUT2D eigenvalue weighted by Crippen LogP contribution is 2.40. The van der Waals surface area contributed by atoms with Gasteiger partial charge in [0, 0.05) is 11.6 Å². The minimum absolute atomic E-state index is 0.262. The second-order valence-corrected chi connectivity index (χ2v) is 5.51. The van der Waals surface area contributed by atoms with Crippen LogP contribution in [0, 0.1) is 5.92 Å². The van der Waals surface area contributed by atoms with Crippen molar-refractivity contribution < 1.29 is 19.3 Å². The van der Waals surface area contributed by atoms with Gasteiger partial charge in [0.25, 0.3) is 0 Å². The predicted octanol–water partition coefficient (Wildman–Crippen LogP) is 2.26. The average Bonchev–Trinajstić information content (AvgIpc) is 3.06. The topological polar surface area (TPSA) is 73.9 Å². The number of benzene rings is 1. The number of hydrogen-bond acceptors (Lipinski definition) is 5. The molecule has 21 heavy (non-hydrogen) atoms. The molecule has 0 aromatic heterocycles. The standard InChI is InChI=1S/C16H25NO4/c1-19-12-9-14(21-3)13(20-2)8-11(12)15(17)16(18)10-6-4-5-7-10/h8-10,15-16,18H,4-7,17H2,1-3H3/t15-,16+/m1/s1. The number of ether oxygens (including phenoxy) is 3. The van der Waals surface area contributed by atoms with E-state index in [1.54, 1.807) is 33.5 Å². The molecule has 0 unspecified atom stereocenters. The number of hydrogen-bond donors (Lipinski definition) is 2. The van der Waals surface area contributed by atoms with E-state index in [1.165, 1.54) is 0 Å². The van der Waals surface area contributed by atoms with Crippen LogP contribution in [-0.4, -0.2) is 32.5 Å². The molecule has 5 nitrogen and oxygen atoms in total. The highest BCUT2D eigenvalue weighted by atomic mass is 16.5.